The van der Waals surface area contributed by atoms with Gasteiger partial charge in [0, 0.05) is 30.0 Å². The quantitative estimate of drug-likeness (QED) is 0.573. The summed E-state index contributed by atoms with van der Waals surface area (Å²) in [6.07, 6.45) is 0. The second kappa shape index (κ2) is 8.60. The van der Waals surface area contributed by atoms with Crippen LogP contribution in [0.3, 0.4) is 0 Å². The van der Waals surface area contributed by atoms with E-state index in [2.05, 4.69) is 4.98 Å². The van der Waals surface area contributed by atoms with Crippen molar-refractivity contribution in [3.05, 3.63) is 76.8 Å². The van der Waals surface area contributed by atoms with Crippen LogP contribution in [0.2, 0.25) is 0 Å². The Hall–Kier alpha value is -2.99. The van der Waals surface area contributed by atoms with Gasteiger partial charge >= 0.3 is 0 Å². The molecule has 0 unspecified atom stereocenters. The van der Waals surface area contributed by atoms with Gasteiger partial charge in [-0.05, 0) is 31.2 Å². The fraction of sp³-hybridized carbons (Fsp3) is 0.190. The largest absolute Gasteiger partial charge is 0.487 e. The lowest BCUT2D eigenvalue weighted by Crippen LogP contribution is -2.27. The highest BCUT2D eigenvalue weighted by atomic mass is 32.1. The number of hydrogen-bond donors (Lipinski definition) is 0. The summed E-state index contributed by atoms with van der Waals surface area (Å²) in [6, 6.07) is 16.2. The van der Waals surface area contributed by atoms with E-state index in [9.17, 15) is 9.59 Å². The van der Waals surface area contributed by atoms with Gasteiger partial charge in [0.05, 0.1) is 5.69 Å². The van der Waals surface area contributed by atoms with Crippen LogP contribution in [-0.2, 0) is 11.4 Å². The molecule has 3 rings (SSSR count). The number of rotatable bonds is 7. The number of hydrogen-bond acceptors (Lipinski definition) is 5. The smallest absolute Gasteiger partial charge is 0.225 e. The minimum absolute atomic E-state index is 0.0183. The van der Waals surface area contributed by atoms with Crippen molar-refractivity contribution in [1.29, 1.82) is 0 Å². The van der Waals surface area contributed by atoms with Crippen LogP contribution in [0, 0.1) is 0 Å². The molecule has 1 amide bonds. The van der Waals surface area contributed by atoms with Crippen LogP contribution in [0.1, 0.15) is 35.5 Å². The minimum Gasteiger partial charge on any atom is -0.487 e. The number of aromatic nitrogens is 1. The van der Waals surface area contributed by atoms with Gasteiger partial charge in [-0.15, -0.1) is 11.3 Å². The molecule has 0 N–H and O–H groups in total. The maximum absolute atomic E-state index is 12.4. The highest BCUT2D eigenvalue weighted by molar-refractivity contribution is 7.14. The van der Waals surface area contributed by atoms with E-state index in [1.807, 2.05) is 30.5 Å². The van der Waals surface area contributed by atoms with Crippen LogP contribution in [0.5, 0.6) is 5.75 Å². The van der Waals surface area contributed by atoms with Crippen LogP contribution >= 0.6 is 11.3 Å². The SMILES string of the molecule is CCN(C(C)=O)c1nc(COc2ccc(C(=O)c3ccccc3)cc2)cs1. The zero-order valence-electron chi connectivity index (χ0n) is 15.2. The number of ether oxygens (including phenoxy) is 1. The van der Waals surface area contributed by atoms with Crippen LogP contribution in [-0.4, -0.2) is 23.2 Å². The van der Waals surface area contributed by atoms with E-state index in [4.69, 9.17) is 4.74 Å². The second-order valence-electron chi connectivity index (χ2n) is 5.89. The van der Waals surface area contributed by atoms with Gasteiger partial charge in [-0.1, -0.05) is 30.3 Å². The molecule has 0 bridgehead atoms. The van der Waals surface area contributed by atoms with E-state index >= 15 is 0 Å². The predicted octanol–water partition coefficient (Wildman–Crippen LogP) is 4.33. The van der Waals surface area contributed by atoms with Gasteiger partial charge in [-0.3, -0.25) is 14.5 Å². The van der Waals surface area contributed by atoms with Gasteiger partial charge < -0.3 is 4.74 Å². The molecule has 0 aliphatic carbocycles. The van der Waals surface area contributed by atoms with E-state index in [1.54, 1.807) is 41.3 Å². The highest BCUT2D eigenvalue weighted by Gasteiger charge is 2.14. The summed E-state index contributed by atoms with van der Waals surface area (Å²) >= 11 is 1.42. The summed E-state index contributed by atoms with van der Waals surface area (Å²) in [7, 11) is 0. The fourth-order valence-electron chi connectivity index (χ4n) is 2.60. The molecule has 6 heteroatoms. The second-order valence-corrected chi connectivity index (χ2v) is 6.73. The van der Waals surface area contributed by atoms with E-state index < -0.39 is 0 Å². The third-order valence-corrected chi connectivity index (χ3v) is 4.92. The van der Waals surface area contributed by atoms with Crippen molar-refractivity contribution in [2.75, 3.05) is 11.4 Å². The number of carbonyl (C=O) groups is 2. The number of ketones is 1. The van der Waals surface area contributed by atoms with E-state index in [0.29, 0.717) is 35.2 Å². The Labute approximate surface area is 162 Å². The summed E-state index contributed by atoms with van der Waals surface area (Å²) in [5, 5.41) is 2.56. The van der Waals surface area contributed by atoms with Crippen molar-refractivity contribution in [3.63, 3.8) is 0 Å². The topological polar surface area (TPSA) is 59.5 Å². The first kappa shape index (κ1) is 18.8. The molecule has 0 atom stereocenters. The Morgan fingerprint density at radius 1 is 1.04 bits per heavy atom. The molecule has 138 valence electrons. The van der Waals surface area contributed by atoms with Crippen molar-refractivity contribution in [2.45, 2.75) is 20.5 Å². The Balaban J connectivity index is 1.62. The molecule has 2 aromatic carbocycles. The molecule has 0 fully saturated rings. The molecule has 0 spiro atoms. The summed E-state index contributed by atoms with van der Waals surface area (Å²) in [5.74, 6) is 0.612. The summed E-state index contributed by atoms with van der Waals surface area (Å²) < 4.78 is 5.75. The van der Waals surface area contributed by atoms with Crippen molar-refractivity contribution in [3.8, 4) is 5.75 Å². The number of nitrogens with zero attached hydrogens (tertiary/aromatic N) is 2. The summed E-state index contributed by atoms with van der Waals surface area (Å²) in [4.78, 5) is 30.1. The van der Waals surface area contributed by atoms with Crippen molar-refractivity contribution in [2.24, 2.45) is 0 Å². The maximum atomic E-state index is 12.4. The van der Waals surface area contributed by atoms with Crippen LogP contribution in [0.15, 0.2) is 60.0 Å². The van der Waals surface area contributed by atoms with Crippen LogP contribution in [0.25, 0.3) is 0 Å². The molecule has 0 saturated heterocycles. The number of amides is 1. The Kier molecular flexibility index (Phi) is 5.98. The first-order valence-electron chi connectivity index (χ1n) is 8.63. The van der Waals surface area contributed by atoms with Crippen molar-refractivity contribution in [1.82, 2.24) is 4.98 Å². The molecule has 0 saturated carbocycles. The standard InChI is InChI=1S/C21H20N2O3S/c1-3-23(15(2)24)21-22-18(14-27-21)13-26-19-11-9-17(10-12-19)20(25)16-7-5-4-6-8-16/h4-12,14H,3,13H2,1-2H3. The Morgan fingerprint density at radius 3 is 2.33 bits per heavy atom. The number of benzene rings is 2. The number of anilines is 1. The average molecular weight is 380 g/mol. The van der Waals surface area contributed by atoms with Gasteiger partial charge in [-0.25, -0.2) is 4.98 Å². The first-order valence-corrected chi connectivity index (χ1v) is 9.51. The van der Waals surface area contributed by atoms with Gasteiger partial charge in [0.25, 0.3) is 0 Å². The van der Waals surface area contributed by atoms with Gasteiger partial charge in [0.15, 0.2) is 10.9 Å². The molecule has 1 heterocycles. The molecule has 5 nitrogen and oxygen atoms in total. The Morgan fingerprint density at radius 2 is 1.70 bits per heavy atom. The van der Waals surface area contributed by atoms with Crippen molar-refractivity contribution >= 4 is 28.2 Å². The Bertz CT molecular complexity index is 920. The molecule has 27 heavy (non-hydrogen) atoms. The molecule has 0 radical (unpaired) electrons. The normalized spacial score (nSPS) is 10.4. The van der Waals surface area contributed by atoms with E-state index in [1.165, 1.54) is 18.3 Å². The number of carbonyl (C=O) groups excluding carboxylic acids is 2. The predicted molar refractivity (Wildman–Crippen MR) is 106 cm³/mol. The summed E-state index contributed by atoms with van der Waals surface area (Å²) in [5.41, 5.74) is 2.04. The lowest BCUT2D eigenvalue weighted by Gasteiger charge is -2.14. The molecule has 1 aromatic heterocycles. The van der Waals surface area contributed by atoms with E-state index in [0.717, 1.165) is 5.69 Å². The average Bonchev–Trinajstić information content (AvgIpc) is 3.16. The van der Waals surface area contributed by atoms with Crippen LogP contribution < -0.4 is 9.64 Å². The zero-order chi connectivity index (χ0) is 19.2. The van der Waals surface area contributed by atoms with Gasteiger partial charge in [0.2, 0.25) is 5.91 Å². The lowest BCUT2D eigenvalue weighted by molar-refractivity contribution is -0.116. The zero-order valence-corrected chi connectivity index (χ0v) is 16.0. The highest BCUT2D eigenvalue weighted by Crippen LogP contribution is 2.22. The third kappa shape index (κ3) is 4.60. The molecule has 3 aromatic rings. The molecular formula is C21H20N2O3S. The maximum Gasteiger partial charge on any atom is 0.225 e. The first-order chi connectivity index (χ1) is 13.1. The minimum atomic E-state index is -0.0296. The molecular weight excluding hydrogens is 360 g/mol. The fourth-order valence-corrected chi connectivity index (χ4v) is 3.51. The lowest BCUT2D eigenvalue weighted by atomic mass is 10.0. The van der Waals surface area contributed by atoms with Crippen LogP contribution in [0.4, 0.5) is 5.13 Å². The summed E-state index contributed by atoms with van der Waals surface area (Å²) in [6.45, 7) is 4.33. The van der Waals surface area contributed by atoms with Gasteiger partial charge in [0.1, 0.15) is 12.4 Å². The van der Waals surface area contributed by atoms with Crippen molar-refractivity contribution < 1.29 is 14.3 Å². The van der Waals surface area contributed by atoms with Gasteiger partial charge in [-0.2, -0.15) is 0 Å². The monoisotopic (exact) mass is 380 g/mol. The molecule has 0 aliphatic rings. The van der Waals surface area contributed by atoms with E-state index in [-0.39, 0.29) is 11.7 Å². The number of thiazole rings is 1. The molecule has 0 aliphatic heterocycles. The third-order valence-electron chi connectivity index (χ3n) is 4.01.